The van der Waals surface area contributed by atoms with E-state index in [0.717, 1.165) is 0 Å². The summed E-state index contributed by atoms with van der Waals surface area (Å²) < 4.78 is 53.3. The van der Waals surface area contributed by atoms with Crippen LogP contribution in [-0.4, -0.2) is 26.7 Å². The number of alkyl halides is 2. The third kappa shape index (κ3) is 5.68. The van der Waals surface area contributed by atoms with Gasteiger partial charge in [-0.05, 0) is 36.4 Å². The monoisotopic (exact) mass is 389 g/mol. The molecule has 0 heterocycles. The Morgan fingerprint density at radius 1 is 1.12 bits per heavy atom. The lowest BCUT2D eigenvalue weighted by Crippen LogP contribution is -2.18. The van der Waals surface area contributed by atoms with Crippen molar-refractivity contribution in [1.82, 2.24) is 0 Å². The molecule has 2 aromatic carbocycles. The highest BCUT2D eigenvalue weighted by Crippen LogP contribution is 2.25. The summed E-state index contributed by atoms with van der Waals surface area (Å²) >= 11 is 5.71. The number of hydrogen-bond donors (Lipinski definition) is 1. The van der Waals surface area contributed by atoms with Crippen molar-refractivity contribution in [3.8, 4) is 5.75 Å². The normalized spacial score (nSPS) is 11.4. The third-order valence-electron chi connectivity index (χ3n) is 3.15. The quantitative estimate of drug-likeness (QED) is 0.782. The number of carbonyl (C=O) groups excluding carboxylic acids is 1. The molecule has 5 nitrogen and oxygen atoms in total. The molecule has 1 N–H and O–H groups in total. The molecular formula is C16H14ClF2NO4S. The number of rotatable bonds is 7. The molecule has 0 aliphatic carbocycles. The van der Waals surface area contributed by atoms with E-state index >= 15 is 0 Å². The molecule has 0 aliphatic rings. The lowest BCUT2D eigenvalue weighted by atomic mass is 10.3. The molecule has 0 fully saturated rings. The van der Waals surface area contributed by atoms with E-state index in [-0.39, 0.29) is 22.8 Å². The number of ether oxygens (including phenoxy) is 1. The molecule has 2 rings (SSSR count). The highest BCUT2D eigenvalue weighted by atomic mass is 35.5. The zero-order chi connectivity index (χ0) is 18.4. The highest BCUT2D eigenvalue weighted by Gasteiger charge is 2.17. The number of nitrogens with one attached hydrogen (secondary N) is 1. The van der Waals surface area contributed by atoms with E-state index < -0.39 is 28.1 Å². The number of hydrogen-bond acceptors (Lipinski definition) is 4. The Labute approximate surface area is 148 Å². The first-order valence-electron chi connectivity index (χ1n) is 7.10. The van der Waals surface area contributed by atoms with Gasteiger partial charge in [-0.2, -0.15) is 8.78 Å². The van der Waals surface area contributed by atoms with Gasteiger partial charge >= 0.3 is 6.61 Å². The summed E-state index contributed by atoms with van der Waals surface area (Å²) in [6.07, 6.45) is -0.339. The van der Waals surface area contributed by atoms with Crippen LogP contribution in [0, 0.1) is 0 Å². The van der Waals surface area contributed by atoms with Gasteiger partial charge in [-0.1, -0.05) is 23.7 Å². The molecule has 134 valence electrons. The number of sulfone groups is 1. The second kappa shape index (κ2) is 8.26. The lowest BCUT2D eigenvalue weighted by Gasteiger charge is -2.11. The number of halogens is 3. The topological polar surface area (TPSA) is 72.5 Å². The summed E-state index contributed by atoms with van der Waals surface area (Å²) in [6.45, 7) is -3.04. The zero-order valence-corrected chi connectivity index (χ0v) is 14.4. The Bertz CT molecular complexity index is 841. The van der Waals surface area contributed by atoms with E-state index in [0.29, 0.717) is 5.02 Å². The highest BCUT2D eigenvalue weighted by molar-refractivity contribution is 7.91. The molecule has 0 unspecified atom stereocenters. The molecule has 0 bridgehead atoms. The number of para-hydroxylation sites is 2. The minimum absolute atomic E-state index is 0.0386. The minimum Gasteiger partial charge on any atom is -0.433 e. The van der Waals surface area contributed by atoms with E-state index in [1.54, 1.807) is 0 Å². The van der Waals surface area contributed by atoms with Gasteiger partial charge in [0.15, 0.2) is 9.84 Å². The van der Waals surface area contributed by atoms with Gasteiger partial charge < -0.3 is 10.1 Å². The molecule has 0 aromatic heterocycles. The number of carbonyl (C=O) groups is 1. The molecule has 25 heavy (non-hydrogen) atoms. The number of amides is 1. The molecule has 1 amide bonds. The van der Waals surface area contributed by atoms with Crippen molar-refractivity contribution in [3.05, 3.63) is 53.6 Å². The predicted octanol–water partition coefficient (Wildman–Crippen LogP) is 3.74. The molecule has 0 aliphatic heterocycles. The fraction of sp³-hybridized carbons (Fsp3) is 0.188. The molecule has 2 aromatic rings. The number of benzene rings is 2. The summed E-state index contributed by atoms with van der Waals surface area (Å²) in [5.74, 6) is -1.27. The van der Waals surface area contributed by atoms with Crippen molar-refractivity contribution in [1.29, 1.82) is 0 Å². The fourth-order valence-electron chi connectivity index (χ4n) is 1.97. The van der Waals surface area contributed by atoms with E-state index in [9.17, 15) is 22.0 Å². The van der Waals surface area contributed by atoms with Crippen LogP contribution in [-0.2, 0) is 14.6 Å². The van der Waals surface area contributed by atoms with Crippen LogP contribution < -0.4 is 10.1 Å². The van der Waals surface area contributed by atoms with E-state index in [4.69, 9.17) is 11.6 Å². The van der Waals surface area contributed by atoms with E-state index in [2.05, 4.69) is 10.1 Å². The van der Waals surface area contributed by atoms with Gasteiger partial charge in [0.25, 0.3) is 0 Å². The van der Waals surface area contributed by atoms with Gasteiger partial charge in [-0.25, -0.2) is 8.42 Å². The third-order valence-corrected chi connectivity index (χ3v) is 5.13. The van der Waals surface area contributed by atoms with Gasteiger partial charge in [0.2, 0.25) is 5.91 Å². The molecule has 9 heteroatoms. The van der Waals surface area contributed by atoms with Gasteiger partial charge in [0, 0.05) is 11.4 Å². The van der Waals surface area contributed by atoms with Crippen molar-refractivity contribution in [2.24, 2.45) is 0 Å². The second-order valence-electron chi connectivity index (χ2n) is 4.95. The Morgan fingerprint density at radius 3 is 2.40 bits per heavy atom. The van der Waals surface area contributed by atoms with Crippen LogP contribution >= 0.6 is 11.6 Å². The standard InChI is InChI=1S/C16H14ClF2NO4S/c17-11-5-7-12(8-6-11)25(22,23)10-9-15(21)20-13-3-1-2-4-14(13)24-16(18)19/h1-8,16H,9-10H2,(H,20,21). The van der Waals surface area contributed by atoms with Crippen LogP contribution in [0.4, 0.5) is 14.5 Å². The van der Waals surface area contributed by atoms with Crippen molar-refractivity contribution in [2.45, 2.75) is 17.9 Å². The first-order valence-corrected chi connectivity index (χ1v) is 9.13. The van der Waals surface area contributed by atoms with Crippen molar-refractivity contribution in [2.75, 3.05) is 11.1 Å². The Hall–Kier alpha value is -2.19. The van der Waals surface area contributed by atoms with Crippen LogP contribution in [0.5, 0.6) is 5.75 Å². The van der Waals surface area contributed by atoms with Crippen LogP contribution in [0.3, 0.4) is 0 Å². The van der Waals surface area contributed by atoms with Gasteiger partial charge in [-0.15, -0.1) is 0 Å². The molecule has 0 spiro atoms. The van der Waals surface area contributed by atoms with Crippen molar-refractivity contribution >= 4 is 33.0 Å². The van der Waals surface area contributed by atoms with Crippen molar-refractivity contribution < 1.29 is 26.7 Å². The first-order chi connectivity index (χ1) is 11.8. The van der Waals surface area contributed by atoms with Crippen LogP contribution in [0.2, 0.25) is 5.02 Å². The fourth-order valence-corrected chi connectivity index (χ4v) is 3.33. The lowest BCUT2D eigenvalue weighted by molar-refractivity contribution is -0.115. The predicted molar refractivity (Wildman–Crippen MR) is 89.8 cm³/mol. The van der Waals surface area contributed by atoms with Crippen molar-refractivity contribution in [3.63, 3.8) is 0 Å². The number of anilines is 1. The summed E-state index contributed by atoms with van der Waals surface area (Å²) in [5, 5.41) is 2.76. The van der Waals surface area contributed by atoms with E-state index in [1.807, 2.05) is 0 Å². The van der Waals surface area contributed by atoms with Gasteiger partial charge in [0.1, 0.15) is 5.75 Å². The molecular weight excluding hydrogens is 376 g/mol. The Kier molecular flexibility index (Phi) is 6.33. The average Bonchev–Trinajstić information content (AvgIpc) is 2.55. The average molecular weight is 390 g/mol. The Balaban J connectivity index is 2.00. The molecule has 0 saturated heterocycles. The smallest absolute Gasteiger partial charge is 0.387 e. The van der Waals surface area contributed by atoms with Crippen LogP contribution in [0.25, 0.3) is 0 Å². The summed E-state index contributed by atoms with van der Waals surface area (Å²) in [4.78, 5) is 12.0. The zero-order valence-electron chi connectivity index (χ0n) is 12.8. The summed E-state index contributed by atoms with van der Waals surface area (Å²) in [5.41, 5.74) is 0.0386. The molecule has 0 saturated carbocycles. The van der Waals surface area contributed by atoms with Crippen LogP contribution in [0.15, 0.2) is 53.4 Å². The second-order valence-corrected chi connectivity index (χ2v) is 7.49. The largest absolute Gasteiger partial charge is 0.433 e. The van der Waals surface area contributed by atoms with Crippen LogP contribution in [0.1, 0.15) is 6.42 Å². The van der Waals surface area contributed by atoms with E-state index in [1.165, 1.54) is 48.5 Å². The molecule has 0 atom stereocenters. The summed E-state index contributed by atoms with van der Waals surface area (Å²) in [7, 11) is -3.66. The Morgan fingerprint density at radius 2 is 1.76 bits per heavy atom. The maximum absolute atomic E-state index is 12.3. The summed E-state index contributed by atoms with van der Waals surface area (Å²) in [6, 6.07) is 11.2. The SMILES string of the molecule is O=C(CCS(=O)(=O)c1ccc(Cl)cc1)Nc1ccccc1OC(F)F. The van der Waals surface area contributed by atoms with Gasteiger partial charge in [0.05, 0.1) is 16.3 Å². The maximum Gasteiger partial charge on any atom is 0.387 e. The van der Waals surface area contributed by atoms with Gasteiger partial charge in [-0.3, -0.25) is 4.79 Å². The maximum atomic E-state index is 12.3. The molecule has 0 radical (unpaired) electrons. The first kappa shape index (κ1) is 19.1. The minimum atomic E-state index is -3.66.